The van der Waals surface area contributed by atoms with Gasteiger partial charge < -0.3 is 18.9 Å². The Balaban J connectivity index is 3.15. The smallest absolute Gasteiger partial charge is 0.345 e. The maximum atomic E-state index is 12.2. The van der Waals surface area contributed by atoms with E-state index in [4.69, 9.17) is 18.9 Å². The highest BCUT2D eigenvalue weighted by Gasteiger charge is 2.26. The maximum absolute atomic E-state index is 12.2. The summed E-state index contributed by atoms with van der Waals surface area (Å²) in [5, 5.41) is 0. The summed E-state index contributed by atoms with van der Waals surface area (Å²) in [7, 11) is 5.04. The minimum atomic E-state index is -0.592. The molecule has 0 aliphatic carbocycles. The van der Waals surface area contributed by atoms with Gasteiger partial charge in [-0.1, -0.05) is 0 Å². The standard InChI is InChI=1S/C18H24O8S4/c1-23-15(19)11-12(16(20)24-2)28-8-6-10-30-14(18(22)26-4)13(17(21)25-3)29-9-5-7-27-11/h5-10H2,1-4H3/b12-11-,14-13-. The maximum Gasteiger partial charge on any atom is 0.345 e. The summed E-state index contributed by atoms with van der Waals surface area (Å²) < 4.78 is 19.3. The highest BCUT2D eigenvalue weighted by atomic mass is 32.2. The SMILES string of the molecule is COC(=O)/C1=C(\C(=O)OC)SCCCS/C(C(=O)OC)=C(/C(=O)OC)SCCCS1. The third kappa shape index (κ3) is 8.12. The average molecular weight is 497 g/mol. The summed E-state index contributed by atoms with van der Waals surface area (Å²) in [6, 6.07) is 0. The first-order valence-corrected chi connectivity index (χ1v) is 12.7. The van der Waals surface area contributed by atoms with Crippen molar-refractivity contribution in [3.8, 4) is 0 Å². The fourth-order valence-corrected chi connectivity index (χ4v) is 6.76. The highest BCUT2D eigenvalue weighted by molar-refractivity contribution is 8.09. The van der Waals surface area contributed by atoms with Crippen molar-refractivity contribution in [1.29, 1.82) is 0 Å². The van der Waals surface area contributed by atoms with Gasteiger partial charge in [-0.05, 0) is 35.9 Å². The van der Waals surface area contributed by atoms with E-state index < -0.39 is 23.9 Å². The number of methoxy groups -OCH3 is 4. The molecule has 0 aromatic rings. The fraction of sp³-hybridized carbons (Fsp3) is 0.556. The van der Waals surface area contributed by atoms with E-state index in [9.17, 15) is 19.2 Å². The van der Waals surface area contributed by atoms with E-state index in [2.05, 4.69) is 0 Å². The Morgan fingerprint density at radius 2 is 0.700 bits per heavy atom. The number of carbonyl (C=O) groups excluding carboxylic acids is 4. The molecule has 0 unspecified atom stereocenters. The first kappa shape index (κ1) is 26.8. The van der Waals surface area contributed by atoms with Gasteiger partial charge in [-0.2, -0.15) is 0 Å². The Morgan fingerprint density at radius 3 is 0.867 bits per heavy atom. The zero-order valence-corrected chi connectivity index (χ0v) is 20.4. The predicted molar refractivity (Wildman–Crippen MR) is 121 cm³/mol. The van der Waals surface area contributed by atoms with Crippen LogP contribution in [0.15, 0.2) is 19.6 Å². The van der Waals surface area contributed by atoms with E-state index in [0.717, 1.165) is 0 Å². The van der Waals surface area contributed by atoms with Crippen molar-refractivity contribution in [1.82, 2.24) is 0 Å². The Hall–Kier alpha value is -1.24. The molecule has 1 rings (SSSR count). The van der Waals surface area contributed by atoms with Gasteiger partial charge in [0, 0.05) is 0 Å². The predicted octanol–water partition coefficient (Wildman–Crippen LogP) is 2.83. The zero-order chi connectivity index (χ0) is 22.5. The highest BCUT2D eigenvalue weighted by Crippen LogP contribution is 2.35. The van der Waals surface area contributed by atoms with Crippen molar-refractivity contribution in [3.05, 3.63) is 19.6 Å². The van der Waals surface area contributed by atoms with Crippen LogP contribution in [0.3, 0.4) is 0 Å². The lowest BCUT2D eigenvalue weighted by molar-refractivity contribution is -0.138. The molecule has 0 bridgehead atoms. The van der Waals surface area contributed by atoms with Crippen LogP contribution in [-0.4, -0.2) is 75.3 Å². The van der Waals surface area contributed by atoms with Crippen LogP contribution in [0, 0.1) is 0 Å². The van der Waals surface area contributed by atoms with Gasteiger partial charge in [0.2, 0.25) is 0 Å². The van der Waals surface area contributed by atoms with E-state index >= 15 is 0 Å². The molecule has 1 heterocycles. The van der Waals surface area contributed by atoms with E-state index in [0.29, 0.717) is 35.9 Å². The van der Waals surface area contributed by atoms with Crippen LogP contribution in [-0.2, 0) is 38.1 Å². The Bertz CT molecular complexity index is 601. The van der Waals surface area contributed by atoms with Gasteiger partial charge in [-0.25, -0.2) is 19.2 Å². The summed E-state index contributed by atoms with van der Waals surface area (Å²) in [5.41, 5.74) is 0. The van der Waals surface area contributed by atoms with Gasteiger partial charge in [0.1, 0.15) is 19.6 Å². The van der Waals surface area contributed by atoms with Crippen LogP contribution >= 0.6 is 47.0 Å². The normalized spacial score (nSPS) is 21.7. The Kier molecular flexibility index (Phi) is 13.1. The number of hydrogen-bond donors (Lipinski definition) is 0. The van der Waals surface area contributed by atoms with Crippen LogP contribution in [0.4, 0.5) is 0 Å². The molecule has 0 atom stereocenters. The molecule has 168 valence electrons. The van der Waals surface area contributed by atoms with E-state index in [-0.39, 0.29) is 19.6 Å². The topological polar surface area (TPSA) is 105 Å². The number of carbonyl (C=O) groups is 4. The monoisotopic (exact) mass is 496 g/mol. The lowest BCUT2D eigenvalue weighted by atomic mass is 10.5. The van der Waals surface area contributed by atoms with Gasteiger partial charge in [0.15, 0.2) is 0 Å². The van der Waals surface area contributed by atoms with Crippen LogP contribution in [0.5, 0.6) is 0 Å². The lowest BCUT2D eigenvalue weighted by Crippen LogP contribution is -2.14. The third-order valence-electron chi connectivity index (χ3n) is 3.46. The number of hydrogen-bond acceptors (Lipinski definition) is 12. The molecule has 0 radical (unpaired) electrons. The van der Waals surface area contributed by atoms with Crippen LogP contribution in [0.1, 0.15) is 12.8 Å². The minimum Gasteiger partial charge on any atom is -0.465 e. The molecular weight excluding hydrogens is 472 g/mol. The number of esters is 4. The second-order valence-corrected chi connectivity index (χ2v) is 9.80. The van der Waals surface area contributed by atoms with Crippen molar-refractivity contribution in [3.63, 3.8) is 0 Å². The quantitative estimate of drug-likeness (QED) is 0.422. The molecule has 8 nitrogen and oxygen atoms in total. The van der Waals surface area contributed by atoms with Crippen molar-refractivity contribution < 1.29 is 38.1 Å². The molecule has 0 spiro atoms. The van der Waals surface area contributed by atoms with Gasteiger partial charge in [0.05, 0.1) is 28.4 Å². The molecule has 0 fully saturated rings. The first-order chi connectivity index (χ1) is 14.4. The van der Waals surface area contributed by atoms with Gasteiger partial charge in [0.25, 0.3) is 0 Å². The summed E-state index contributed by atoms with van der Waals surface area (Å²) in [5.74, 6) is -0.395. The number of ether oxygens (including phenoxy) is 4. The van der Waals surface area contributed by atoms with E-state index in [1.54, 1.807) is 0 Å². The number of thioether (sulfide) groups is 4. The fourth-order valence-electron chi connectivity index (χ4n) is 2.05. The summed E-state index contributed by atoms with van der Waals surface area (Å²) in [4.78, 5) is 49.7. The summed E-state index contributed by atoms with van der Waals surface area (Å²) in [6.45, 7) is 0. The summed E-state index contributed by atoms with van der Waals surface area (Å²) in [6.07, 6.45) is 1.18. The van der Waals surface area contributed by atoms with Gasteiger partial charge in [-0.3, -0.25) is 0 Å². The van der Waals surface area contributed by atoms with Crippen molar-refractivity contribution in [2.24, 2.45) is 0 Å². The van der Waals surface area contributed by atoms with Crippen LogP contribution < -0.4 is 0 Å². The summed E-state index contributed by atoms with van der Waals surface area (Å²) >= 11 is 4.80. The van der Waals surface area contributed by atoms with E-state index in [1.165, 1.54) is 75.5 Å². The molecule has 1 aliphatic heterocycles. The largest absolute Gasteiger partial charge is 0.465 e. The molecule has 0 aromatic carbocycles. The van der Waals surface area contributed by atoms with Crippen molar-refractivity contribution in [2.75, 3.05) is 51.5 Å². The molecule has 30 heavy (non-hydrogen) atoms. The van der Waals surface area contributed by atoms with Crippen LogP contribution in [0.25, 0.3) is 0 Å². The molecule has 0 aromatic heterocycles. The molecule has 12 heteroatoms. The molecule has 0 N–H and O–H groups in total. The zero-order valence-electron chi connectivity index (χ0n) is 17.1. The second-order valence-electron chi connectivity index (χ2n) is 5.38. The third-order valence-corrected chi connectivity index (χ3v) is 8.33. The first-order valence-electron chi connectivity index (χ1n) is 8.74. The molecule has 1 aliphatic rings. The Morgan fingerprint density at radius 1 is 0.500 bits per heavy atom. The van der Waals surface area contributed by atoms with Crippen molar-refractivity contribution in [2.45, 2.75) is 12.8 Å². The van der Waals surface area contributed by atoms with E-state index in [1.807, 2.05) is 0 Å². The van der Waals surface area contributed by atoms with Crippen LogP contribution in [0.2, 0.25) is 0 Å². The van der Waals surface area contributed by atoms with Gasteiger partial charge >= 0.3 is 23.9 Å². The molecule has 0 amide bonds. The molecular formula is C18H24O8S4. The average Bonchev–Trinajstić information content (AvgIpc) is 2.77. The Labute approximate surface area is 192 Å². The minimum absolute atomic E-state index is 0.211. The van der Waals surface area contributed by atoms with Crippen molar-refractivity contribution >= 4 is 70.9 Å². The molecule has 0 saturated heterocycles. The van der Waals surface area contributed by atoms with Gasteiger partial charge in [-0.15, -0.1) is 47.0 Å². The lowest BCUT2D eigenvalue weighted by Gasteiger charge is -2.14. The number of rotatable bonds is 4. The second kappa shape index (κ2) is 14.7. The molecule has 0 saturated carbocycles.